The van der Waals surface area contributed by atoms with Crippen molar-refractivity contribution in [2.75, 3.05) is 5.32 Å². The van der Waals surface area contributed by atoms with Crippen molar-refractivity contribution in [3.8, 4) is 0 Å². The number of benzene rings is 1. The van der Waals surface area contributed by atoms with Crippen molar-refractivity contribution in [2.45, 2.75) is 6.92 Å². The molecule has 94 valence electrons. The number of aryl methyl sites for hydroxylation is 1. The van der Waals surface area contributed by atoms with Gasteiger partial charge in [0.2, 0.25) is 0 Å². The Kier molecular flexibility index (Phi) is 2.97. The Morgan fingerprint density at radius 2 is 2.21 bits per heavy atom. The molecule has 1 aromatic carbocycles. The molecule has 0 saturated heterocycles. The number of nitrogens with zero attached hydrogens (tertiary/aromatic N) is 2. The topological polar surface area (TPSA) is 54.9 Å². The lowest BCUT2D eigenvalue weighted by Crippen LogP contribution is -2.11. The van der Waals surface area contributed by atoms with Crippen molar-refractivity contribution in [3.63, 3.8) is 0 Å². The minimum atomic E-state index is -0.191. The number of anilines is 1. The van der Waals surface area contributed by atoms with E-state index in [0.29, 0.717) is 10.7 Å². The first-order chi connectivity index (χ1) is 9.22. The molecule has 0 aliphatic rings. The molecule has 0 saturated carbocycles. The highest BCUT2D eigenvalue weighted by Crippen LogP contribution is 2.26. The first kappa shape index (κ1) is 11.8. The summed E-state index contributed by atoms with van der Waals surface area (Å²) in [7, 11) is 0. The Hall–Kier alpha value is -2.27. The van der Waals surface area contributed by atoms with E-state index in [1.807, 2.05) is 25.1 Å². The summed E-state index contributed by atoms with van der Waals surface area (Å²) in [6.45, 7) is 2.02. The van der Waals surface area contributed by atoms with E-state index in [2.05, 4.69) is 15.3 Å². The van der Waals surface area contributed by atoms with Gasteiger partial charge in [-0.15, -0.1) is 0 Å². The number of amides is 1. The zero-order valence-electron chi connectivity index (χ0n) is 10.3. The fraction of sp³-hybridized carbons (Fsp3) is 0.0714. The van der Waals surface area contributed by atoms with E-state index in [4.69, 9.17) is 0 Å². The van der Waals surface area contributed by atoms with Gasteiger partial charge in [-0.25, -0.2) is 4.98 Å². The minimum absolute atomic E-state index is 0.191. The van der Waals surface area contributed by atoms with E-state index in [-0.39, 0.29) is 5.91 Å². The van der Waals surface area contributed by atoms with Crippen molar-refractivity contribution in [1.82, 2.24) is 9.97 Å². The molecule has 19 heavy (non-hydrogen) atoms. The smallest absolute Gasteiger partial charge is 0.259 e. The summed E-state index contributed by atoms with van der Waals surface area (Å²) in [6.07, 6.45) is 3.17. The van der Waals surface area contributed by atoms with Crippen LogP contribution in [-0.2, 0) is 0 Å². The summed E-state index contributed by atoms with van der Waals surface area (Å²) in [5.74, 6) is -0.191. The third kappa shape index (κ3) is 2.46. The number of carbonyl (C=O) groups is 1. The number of carbonyl (C=O) groups excluding carboxylic acids is 1. The quantitative estimate of drug-likeness (QED) is 0.777. The van der Waals surface area contributed by atoms with Crippen LogP contribution in [-0.4, -0.2) is 15.9 Å². The van der Waals surface area contributed by atoms with Gasteiger partial charge in [0.25, 0.3) is 5.91 Å². The lowest BCUT2D eigenvalue weighted by molar-refractivity contribution is 0.102. The van der Waals surface area contributed by atoms with Gasteiger partial charge >= 0.3 is 0 Å². The summed E-state index contributed by atoms with van der Waals surface area (Å²) in [5, 5.41) is 3.40. The van der Waals surface area contributed by atoms with Crippen molar-refractivity contribution >= 4 is 32.6 Å². The molecule has 0 fully saturated rings. The molecule has 0 spiro atoms. The number of aromatic nitrogens is 2. The van der Waals surface area contributed by atoms with Crippen LogP contribution in [0.3, 0.4) is 0 Å². The standard InChI is InChI=1S/C14H11N3OS/c1-9-4-5-12-11(7-9)16-14(19-12)17-13(18)10-3-2-6-15-8-10/h2-8H,1H3,(H,16,17,18). The van der Waals surface area contributed by atoms with Crippen LogP contribution in [0.5, 0.6) is 0 Å². The predicted octanol–water partition coefficient (Wildman–Crippen LogP) is 3.25. The van der Waals surface area contributed by atoms with Gasteiger partial charge in [-0.3, -0.25) is 15.1 Å². The summed E-state index contributed by atoms with van der Waals surface area (Å²) in [6, 6.07) is 9.51. The van der Waals surface area contributed by atoms with Crippen LogP contribution in [0.15, 0.2) is 42.7 Å². The maximum atomic E-state index is 12.0. The lowest BCUT2D eigenvalue weighted by atomic mass is 10.2. The highest BCUT2D eigenvalue weighted by atomic mass is 32.1. The Balaban J connectivity index is 1.87. The maximum Gasteiger partial charge on any atom is 0.259 e. The van der Waals surface area contributed by atoms with Crippen LogP contribution < -0.4 is 5.32 Å². The van der Waals surface area contributed by atoms with Crippen molar-refractivity contribution in [1.29, 1.82) is 0 Å². The van der Waals surface area contributed by atoms with Crippen LogP contribution in [0.4, 0.5) is 5.13 Å². The molecule has 3 aromatic rings. The summed E-state index contributed by atoms with van der Waals surface area (Å²) < 4.78 is 1.06. The van der Waals surface area contributed by atoms with Crippen LogP contribution in [0, 0.1) is 6.92 Å². The van der Waals surface area contributed by atoms with Gasteiger partial charge in [0.15, 0.2) is 5.13 Å². The molecule has 0 atom stereocenters. The summed E-state index contributed by atoms with van der Waals surface area (Å²) in [5.41, 5.74) is 2.59. The Bertz CT molecular complexity index is 737. The van der Waals surface area contributed by atoms with Gasteiger partial charge < -0.3 is 0 Å². The molecule has 0 unspecified atom stereocenters. The number of pyridine rings is 1. The minimum Gasteiger partial charge on any atom is -0.298 e. The van der Waals surface area contributed by atoms with E-state index in [1.165, 1.54) is 17.5 Å². The summed E-state index contributed by atoms with van der Waals surface area (Å²) >= 11 is 1.47. The largest absolute Gasteiger partial charge is 0.298 e. The second kappa shape index (κ2) is 4.78. The Morgan fingerprint density at radius 3 is 3.00 bits per heavy atom. The first-order valence-corrected chi connectivity index (χ1v) is 6.62. The van der Waals surface area contributed by atoms with Crippen LogP contribution in [0.25, 0.3) is 10.2 Å². The van der Waals surface area contributed by atoms with Crippen molar-refractivity contribution < 1.29 is 4.79 Å². The van der Waals surface area contributed by atoms with E-state index >= 15 is 0 Å². The molecule has 2 heterocycles. The second-order valence-corrected chi connectivity index (χ2v) is 5.22. The van der Waals surface area contributed by atoms with E-state index < -0.39 is 0 Å². The third-order valence-electron chi connectivity index (χ3n) is 2.69. The fourth-order valence-corrected chi connectivity index (χ4v) is 2.60. The van der Waals surface area contributed by atoms with Gasteiger partial charge in [-0.1, -0.05) is 17.4 Å². The highest BCUT2D eigenvalue weighted by Gasteiger charge is 2.09. The highest BCUT2D eigenvalue weighted by molar-refractivity contribution is 7.22. The predicted molar refractivity (Wildman–Crippen MR) is 76.5 cm³/mol. The zero-order valence-corrected chi connectivity index (χ0v) is 11.1. The molecular formula is C14H11N3OS. The van der Waals surface area contributed by atoms with Gasteiger partial charge in [0, 0.05) is 12.4 Å². The van der Waals surface area contributed by atoms with Gasteiger partial charge in [0.1, 0.15) is 0 Å². The SMILES string of the molecule is Cc1ccc2sc(NC(=O)c3cccnc3)nc2c1. The molecule has 0 aliphatic carbocycles. The van der Waals surface area contributed by atoms with E-state index in [0.717, 1.165) is 15.8 Å². The van der Waals surface area contributed by atoms with Gasteiger partial charge in [0.05, 0.1) is 15.8 Å². The second-order valence-electron chi connectivity index (χ2n) is 4.19. The number of thiazole rings is 1. The number of nitrogens with one attached hydrogen (secondary N) is 1. The third-order valence-corrected chi connectivity index (χ3v) is 3.64. The normalized spacial score (nSPS) is 10.6. The molecule has 1 N–H and O–H groups in total. The van der Waals surface area contributed by atoms with Crippen molar-refractivity contribution in [3.05, 3.63) is 53.9 Å². The molecule has 0 aliphatic heterocycles. The Morgan fingerprint density at radius 1 is 1.32 bits per heavy atom. The number of rotatable bonds is 2. The van der Waals surface area contributed by atoms with Crippen LogP contribution >= 0.6 is 11.3 Å². The molecule has 1 amide bonds. The molecule has 2 aromatic heterocycles. The first-order valence-electron chi connectivity index (χ1n) is 5.81. The lowest BCUT2D eigenvalue weighted by Gasteiger charge is -1.99. The zero-order chi connectivity index (χ0) is 13.2. The molecule has 0 bridgehead atoms. The Labute approximate surface area is 114 Å². The number of fused-ring (bicyclic) bond motifs is 1. The molecule has 0 radical (unpaired) electrons. The van der Waals surface area contributed by atoms with E-state index in [9.17, 15) is 4.79 Å². The molecule has 5 heteroatoms. The van der Waals surface area contributed by atoms with Crippen LogP contribution in [0.1, 0.15) is 15.9 Å². The summed E-state index contributed by atoms with van der Waals surface area (Å²) in [4.78, 5) is 20.3. The van der Waals surface area contributed by atoms with Crippen molar-refractivity contribution in [2.24, 2.45) is 0 Å². The number of hydrogen-bond donors (Lipinski definition) is 1. The average molecular weight is 269 g/mol. The van der Waals surface area contributed by atoms with Gasteiger partial charge in [-0.2, -0.15) is 0 Å². The monoisotopic (exact) mass is 269 g/mol. The van der Waals surface area contributed by atoms with E-state index in [1.54, 1.807) is 18.3 Å². The average Bonchev–Trinajstić information content (AvgIpc) is 2.81. The maximum absolute atomic E-state index is 12.0. The number of hydrogen-bond acceptors (Lipinski definition) is 4. The van der Waals surface area contributed by atoms with Crippen LogP contribution in [0.2, 0.25) is 0 Å². The molecule has 3 rings (SSSR count). The fourth-order valence-electron chi connectivity index (χ4n) is 1.76. The molecular weight excluding hydrogens is 258 g/mol. The van der Waals surface area contributed by atoms with Gasteiger partial charge in [-0.05, 0) is 36.8 Å². The molecule has 4 nitrogen and oxygen atoms in total.